The zero-order valence-electron chi connectivity index (χ0n) is 18.3. The maximum absolute atomic E-state index is 12.5. The van der Waals surface area contributed by atoms with Crippen molar-refractivity contribution < 1.29 is 19.4 Å². The van der Waals surface area contributed by atoms with Gasteiger partial charge in [-0.05, 0) is 74.3 Å². The van der Waals surface area contributed by atoms with Crippen molar-refractivity contribution in [3.8, 4) is 0 Å². The Bertz CT molecular complexity index is 752. The Balaban J connectivity index is 1.55. The van der Waals surface area contributed by atoms with E-state index in [2.05, 4.69) is 26.8 Å². The molecule has 4 aliphatic carbocycles. The summed E-state index contributed by atoms with van der Waals surface area (Å²) < 4.78 is 6.03. The standard InChI is InChI=1S/C25H36O4/c1-5-17(26)14-22(28)29-23-15(2)12-21-19-7-6-16-13-18(27)8-10-24(16,3)20(19)9-11-25(21,23)4/h8,10,13,15,17,19-21,23,26H,5-7,9,11-12,14H2,1-4H3/t15-,17?,19-,20+,21+,23-,24+,25+/m1/s1. The van der Waals surface area contributed by atoms with E-state index in [1.807, 2.05) is 13.0 Å². The number of fused-ring (bicyclic) bond motifs is 5. The van der Waals surface area contributed by atoms with Gasteiger partial charge in [-0.25, -0.2) is 0 Å². The molecule has 4 rings (SSSR count). The highest BCUT2D eigenvalue weighted by Crippen LogP contribution is 2.65. The van der Waals surface area contributed by atoms with Gasteiger partial charge < -0.3 is 9.84 Å². The van der Waals surface area contributed by atoms with Crippen LogP contribution in [0.15, 0.2) is 23.8 Å². The number of aliphatic hydroxyl groups excluding tert-OH is 1. The van der Waals surface area contributed by atoms with Crippen molar-refractivity contribution in [3.63, 3.8) is 0 Å². The van der Waals surface area contributed by atoms with Crippen molar-refractivity contribution in [2.75, 3.05) is 0 Å². The first-order valence-electron chi connectivity index (χ1n) is 11.5. The quantitative estimate of drug-likeness (QED) is 0.700. The van der Waals surface area contributed by atoms with E-state index in [9.17, 15) is 14.7 Å². The van der Waals surface area contributed by atoms with Crippen molar-refractivity contribution >= 4 is 11.8 Å². The molecule has 4 aliphatic rings. The third kappa shape index (κ3) is 3.32. The van der Waals surface area contributed by atoms with Crippen LogP contribution in [0, 0.1) is 34.5 Å². The van der Waals surface area contributed by atoms with Crippen LogP contribution in [-0.4, -0.2) is 29.1 Å². The summed E-state index contributed by atoms with van der Waals surface area (Å²) in [6, 6.07) is 0. The number of allylic oxidation sites excluding steroid dienone is 4. The number of carbonyl (C=O) groups excluding carboxylic acids is 2. The molecule has 3 saturated carbocycles. The van der Waals surface area contributed by atoms with Gasteiger partial charge in [-0.1, -0.05) is 39.3 Å². The van der Waals surface area contributed by atoms with Crippen LogP contribution in [0.1, 0.15) is 72.6 Å². The van der Waals surface area contributed by atoms with E-state index in [4.69, 9.17) is 4.74 Å². The van der Waals surface area contributed by atoms with Gasteiger partial charge >= 0.3 is 5.97 Å². The molecule has 0 aromatic heterocycles. The zero-order valence-corrected chi connectivity index (χ0v) is 18.3. The molecule has 0 radical (unpaired) electrons. The maximum Gasteiger partial charge on any atom is 0.308 e. The Morgan fingerprint density at radius 1 is 1.31 bits per heavy atom. The van der Waals surface area contributed by atoms with E-state index < -0.39 is 6.10 Å². The van der Waals surface area contributed by atoms with E-state index in [1.54, 1.807) is 6.08 Å². The van der Waals surface area contributed by atoms with E-state index in [0.717, 1.165) is 32.1 Å². The fourth-order valence-corrected chi connectivity index (χ4v) is 7.29. The molecule has 160 valence electrons. The molecular formula is C25H36O4. The van der Waals surface area contributed by atoms with Gasteiger partial charge in [-0.15, -0.1) is 0 Å². The van der Waals surface area contributed by atoms with E-state index in [-0.39, 0.29) is 35.1 Å². The fourth-order valence-electron chi connectivity index (χ4n) is 7.29. The van der Waals surface area contributed by atoms with Gasteiger partial charge in [0.1, 0.15) is 6.10 Å². The Labute approximate surface area is 174 Å². The Morgan fingerprint density at radius 3 is 2.79 bits per heavy atom. The Hall–Kier alpha value is -1.42. The minimum absolute atomic E-state index is 0.00138. The summed E-state index contributed by atoms with van der Waals surface area (Å²) in [7, 11) is 0. The summed E-state index contributed by atoms with van der Waals surface area (Å²) in [6.45, 7) is 8.76. The highest BCUT2D eigenvalue weighted by molar-refractivity contribution is 6.01. The topological polar surface area (TPSA) is 63.6 Å². The highest BCUT2D eigenvalue weighted by atomic mass is 16.5. The number of ether oxygens (including phenoxy) is 1. The van der Waals surface area contributed by atoms with Gasteiger partial charge in [0.25, 0.3) is 0 Å². The summed E-state index contributed by atoms with van der Waals surface area (Å²) in [5, 5.41) is 9.84. The molecule has 29 heavy (non-hydrogen) atoms. The second kappa shape index (κ2) is 7.37. The molecule has 0 aromatic rings. The van der Waals surface area contributed by atoms with Crippen molar-refractivity contribution in [2.45, 2.75) is 84.8 Å². The van der Waals surface area contributed by atoms with E-state index in [1.165, 1.54) is 5.57 Å². The number of esters is 1. The van der Waals surface area contributed by atoms with Crippen LogP contribution in [0.4, 0.5) is 0 Å². The largest absolute Gasteiger partial charge is 0.461 e. The molecule has 0 saturated heterocycles. The summed E-state index contributed by atoms with van der Waals surface area (Å²) in [5.41, 5.74) is 1.33. The SMILES string of the molecule is CCC(O)CC(=O)O[C@@H]1[C@H](C)C[C@H]2[C@@H]3CCC4=CC(=O)C=C[C@]4(C)[C@H]3CC[C@]12C. The predicted molar refractivity (Wildman–Crippen MR) is 112 cm³/mol. The Morgan fingerprint density at radius 2 is 2.07 bits per heavy atom. The van der Waals surface area contributed by atoms with Crippen molar-refractivity contribution in [1.29, 1.82) is 0 Å². The number of ketones is 1. The molecule has 0 heterocycles. The molecule has 1 unspecified atom stereocenters. The molecular weight excluding hydrogens is 364 g/mol. The van der Waals surface area contributed by atoms with Crippen LogP contribution in [0.5, 0.6) is 0 Å². The number of rotatable bonds is 4. The fraction of sp³-hybridized carbons (Fsp3) is 0.760. The van der Waals surface area contributed by atoms with Gasteiger partial charge in [0, 0.05) is 10.8 Å². The number of aliphatic hydroxyl groups is 1. The van der Waals surface area contributed by atoms with Crippen LogP contribution in [0.25, 0.3) is 0 Å². The summed E-state index contributed by atoms with van der Waals surface area (Å²) in [4.78, 5) is 24.4. The van der Waals surface area contributed by atoms with Crippen LogP contribution in [-0.2, 0) is 14.3 Å². The van der Waals surface area contributed by atoms with Crippen molar-refractivity contribution in [2.24, 2.45) is 34.5 Å². The molecule has 0 amide bonds. The molecule has 4 nitrogen and oxygen atoms in total. The smallest absolute Gasteiger partial charge is 0.308 e. The molecule has 0 bridgehead atoms. The lowest BCUT2D eigenvalue weighted by molar-refractivity contribution is -0.164. The summed E-state index contributed by atoms with van der Waals surface area (Å²) in [6.07, 6.45) is 11.2. The highest BCUT2D eigenvalue weighted by Gasteiger charge is 2.61. The van der Waals surface area contributed by atoms with Crippen LogP contribution in [0.3, 0.4) is 0 Å². The normalized spacial score (nSPS) is 44.4. The van der Waals surface area contributed by atoms with Gasteiger partial charge in [-0.2, -0.15) is 0 Å². The predicted octanol–water partition coefficient (Wildman–Crippen LogP) is 4.61. The van der Waals surface area contributed by atoms with Crippen LogP contribution in [0.2, 0.25) is 0 Å². The third-order valence-corrected chi connectivity index (χ3v) is 8.92. The first-order valence-corrected chi connectivity index (χ1v) is 11.5. The molecule has 0 aliphatic heterocycles. The lowest BCUT2D eigenvalue weighted by atomic mass is 9.48. The first kappa shape index (κ1) is 20.8. The monoisotopic (exact) mass is 400 g/mol. The van der Waals surface area contributed by atoms with E-state index >= 15 is 0 Å². The lowest BCUT2D eigenvalue weighted by Crippen LogP contribution is -2.51. The van der Waals surface area contributed by atoms with E-state index in [0.29, 0.717) is 30.1 Å². The molecule has 1 N–H and O–H groups in total. The van der Waals surface area contributed by atoms with Gasteiger partial charge in [0.05, 0.1) is 12.5 Å². The van der Waals surface area contributed by atoms with Crippen molar-refractivity contribution in [3.05, 3.63) is 23.8 Å². The molecule has 8 atom stereocenters. The van der Waals surface area contributed by atoms with Gasteiger partial charge in [-0.3, -0.25) is 9.59 Å². The maximum atomic E-state index is 12.5. The lowest BCUT2D eigenvalue weighted by Gasteiger charge is -2.56. The first-order chi connectivity index (χ1) is 13.7. The number of hydrogen-bond acceptors (Lipinski definition) is 4. The van der Waals surface area contributed by atoms with Crippen LogP contribution >= 0.6 is 0 Å². The average molecular weight is 401 g/mol. The molecule has 4 heteroatoms. The van der Waals surface area contributed by atoms with Gasteiger partial charge in [0.15, 0.2) is 5.78 Å². The second-order valence-electron chi connectivity index (χ2n) is 10.5. The summed E-state index contributed by atoms with van der Waals surface area (Å²) in [5.74, 6) is 1.95. The number of hydrogen-bond donors (Lipinski definition) is 1. The molecule has 0 aromatic carbocycles. The zero-order chi connectivity index (χ0) is 21.0. The summed E-state index contributed by atoms with van der Waals surface area (Å²) >= 11 is 0. The number of carbonyl (C=O) groups is 2. The molecule has 3 fully saturated rings. The average Bonchev–Trinajstić information content (AvgIpc) is 2.93. The van der Waals surface area contributed by atoms with Crippen molar-refractivity contribution in [1.82, 2.24) is 0 Å². The van der Waals surface area contributed by atoms with Crippen LogP contribution < -0.4 is 0 Å². The second-order valence-corrected chi connectivity index (χ2v) is 10.5. The third-order valence-electron chi connectivity index (χ3n) is 8.92. The minimum atomic E-state index is -0.608. The Kier molecular flexibility index (Phi) is 5.30. The minimum Gasteiger partial charge on any atom is -0.461 e. The van der Waals surface area contributed by atoms with Gasteiger partial charge in [0.2, 0.25) is 0 Å². The molecule has 0 spiro atoms.